The van der Waals surface area contributed by atoms with Gasteiger partial charge in [0.15, 0.2) is 6.10 Å². The molecule has 4 heteroatoms. The third-order valence-electron chi connectivity index (χ3n) is 4.12. The minimum atomic E-state index is -0.682. The third kappa shape index (κ3) is 4.02. The standard InChI is InChI=1S/C20H22O4/c1-2-17-18(22-13-15-9-5-3-6-10-15)19(20(21)24-17)23-14-16-11-7-4-8-12-16/h3-12,17-19H,2,13-14H2,1H3/t17-,18+,19?/m1/s1. The van der Waals surface area contributed by atoms with Crippen molar-refractivity contribution in [2.24, 2.45) is 0 Å². The van der Waals surface area contributed by atoms with Crippen LogP contribution < -0.4 is 0 Å². The summed E-state index contributed by atoms with van der Waals surface area (Å²) in [6.45, 7) is 2.78. The fourth-order valence-corrected chi connectivity index (χ4v) is 2.81. The summed E-state index contributed by atoms with van der Waals surface area (Å²) in [7, 11) is 0. The van der Waals surface area contributed by atoms with E-state index in [0.29, 0.717) is 19.6 Å². The van der Waals surface area contributed by atoms with Crippen LogP contribution in [-0.4, -0.2) is 24.3 Å². The van der Waals surface area contributed by atoms with Crippen LogP contribution in [0.25, 0.3) is 0 Å². The zero-order chi connectivity index (χ0) is 16.8. The SMILES string of the molecule is CC[C@H]1OC(=O)C(OCc2ccccc2)[C@H]1OCc1ccccc1. The lowest BCUT2D eigenvalue weighted by Crippen LogP contribution is -2.36. The fraction of sp³-hybridized carbons (Fsp3) is 0.350. The van der Waals surface area contributed by atoms with Crippen LogP contribution in [0.15, 0.2) is 60.7 Å². The highest BCUT2D eigenvalue weighted by atomic mass is 16.6. The Bertz CT molecular complexity index is 641. The first-order valence-corrected chi connectivity index (χ1v) is 8.29. The quantitative estimate of drug-likeness (QED) is 0.731. The second-order valence-electron chi connectivity index (χ2n) is 5.86. The third-order valence-corrected chi connectivity index (χ3v) is 4.12. The molecule has 0 bridgehead atoms. The van der Waals surface area contributed by atoms with Crippen LogP contribution in [-0.2, 0) is 32.2 Å². The predicted molar refractivity (Wildman–Crippen MR) is 90.2 cm³/mol. The second-order valence-corrected chi connectivity index (χ2v) is 5.86. The predicted octanol–water partition coefficient (Wildman–Crippen LogP) is 3.49. The van der Waals surface area contributed by atoms with Crippen LogP contribution in [0.2, 0.25) is 0 Å². The molecule has 0 radical (unpaired) electrons. The summed E-state index contributed by atoms with van der Waals surface area (Å²) >= 11 is 0. The molecule has 0 aromatic heterocycles. The van der Waals surface area contributed by atoms with E-state index < -0.39 is 6.10 Å². The van der Waals surface area contributed by atoms with Gasteiger partial charge < -0.3 is 14.2 Å². The van der Waals surface area contributed by atoms with E-state index in [4.69, 9.17) is 14.2 Å². The van der Waals surface area contributed by atoms with Crippen LogP contribution in [0.3, 0.4) is 0 Å². The molecule has 0 amide bonds. The molecule has 2 aromatic carbocycles. The molecule has 1 saturated heterocycles. The van der Waals surface area contributed by atoms with Crippen LogP contribution in [0.1, 0.15) is 24.5 Å². The summed E-state index contributed by atoms with van der Waals surface area (Å²) in [5.74, 6) is -0.337. The van der Waals surface area contributed by atoms with Gasteiger partial charge in [0.1, 0.15) is 12.2 Å². The lowest BCUT2D eigenvalue weighted by Gasteiger charge is -2.21. The van der Waals surface area contributed by atoms with Crippen molar-refractivity contribution in [2.75, 3.05) is 0 Å². The van der Waals surface area contributed by atoms with Gasteiger partial charge in [-0.15, -0.1) is 0 Å². The summed E-state index contributed by atoms with van der Waals surface area (Å²) < 4.78 is 17.3. The summed E-state index contributed by atoms with van der Waals surface area (Å²) in [6.07, 6.45) is -0.622. The Morgan fingerprint density at radius 1 is 0.875 bits per heavy atom. The molecule has 0 N–H and O–H groups in total. The molecule has 24 heavy (non-hydrogen) atoms. The smallest absolute Gasteiger partial charge is 0.338 e. The highest BCUT2D eigenvalue weighted by Crippen LogP contribution is 2.26. The Morgan fingerprint density at radius 3 is 1.96 bits per heavy atom. The van der Waals surface area contributed by atoms with Crippen molar-refractivity contribution in [1.82, 2.24) is 0 Å². The van der Waals surface area contributed by atoms with Crippen LogP contribution >= 0.6 is 0 Å². The van der Waals surface area contributed by atoms with E-state index in [1.807, 2.05) is 67.6 Å². The summed E-state index contributed by atoms with van der Waals surface area (Å²) in [5.41, 5.74) is 2.08. The molecule has 0 spiro atoms. The molecule has 0 saturated carbocycles. The van der Waals surface area contributed by atoms with Gasteiger partial charge in [0.25, 0.3) is 0 Å². The number of carbonyl (C=O) groups is 1. The van der Waals surface area contributed by atoms with Crippen LogP contribution in [0.5, 0.6) is 0 Å². The van der Waals surface area contributed by atoms with E-state index in [1.54, 1.807) is 0 Å². The first-order valence-electron chi connectivity index (χ1n) is 8.29. The minimum absolute atomic E-state index is 0.262. The highest BCUT2D eigenvalue weighted by Gasteiger charge is 2.45. The molecule has 3 rings (SSSR count). The normalized spacial score (nSPS) is 23.2. The Morgan fingerprint density at radius 2 is 1.42 bits per heavy atom. The molecular weight excluding hydrogens is 304 g/mol. The highest BCUT2D eigenvalue weighted by molar-refractivity contribution is 5.78. The Hall–Kier alpha value is -2.17. The lowest BCUT2D eigenvalue weighted by atomic mass is 10.1. The molecule has 1 heterocycles. The molecule has 1 fully saturated rings. The van der Waals surface area contributed by atoms with E-state index >= 15 is 0 Å². The molecule has 3 atom stereocenters. The average Bonchev–Trinajstić information content (AvgIpc) is 2.94. The van der Waals surface area contributed by atoms with E-state index in [9.17, 15) is 4.79 Å². The zero-order valence-corrected chi connectivity index (χ0v) is 13.8. The summed E-state index contributed by atoms with van der Waals surface area (Å²) in [6, 6.07) is 19.7. The van der Waals surface area contributed by atoms with E-state index in [0.717, 1.165) is 11.1 Å². The number of hydrogen-bond donors (Lipinski definition) is 0. The number of carbonyl (C=O) groups excluding carboxylic acids is 1. The van der Waals surface area contributed by atoms with Crippen molar-refractivity contribution >= 4 is 5.97 Å². The molecular formula is C20H22O4. The van der Waals surface area contributed by atoms with E-state index in [2.05, 4.69) is 0 Å². The second kappa shape index (κ2) is 8.08. The van der Waals surface area contributed by atoms with Crippen molar-refractivity contribution in [3.05, 3.63) is 71.8 Å². The van der Waals surface area contributed by atoms with Crippen molar-refractivity contribution in [3.8, 4) is 0 Å². The maximum absolute atomic E-state index is 12.2. The van der Waals surface area contributed by atoms with Crippen molar-refractivity contribution in [2.45, 2.75) is 44.9 Å². The molecule has 4 nitrogen and oxygen atoms in total. The maximum atomic E-state index is 12.2. The number of cyclic esters (lactones) is 1. The number of esters is 1. The van der Waals surface area contributed by atoms with Gasteiger partial charge in [-0.2, -0.15) is 0 Å². The summed E-state index contributed by atoms with van der Waals surface area (Å²) in [4.78, 5) is 12.2. The van der Waals surface area contributed by atoms with Crippen molar-refractivity contribution < 1.29 is 19.0 Å². The molecule has 1 aliphatic heterocycles. The summed E-state index contributed by atoms with van der Waals surface area (Å²) in [5, 5.41) is 0. The Kier molecular flexibility index (Phi) is 5.62. The van der Waals surface area contributed by atoms with Gasteiger partial charge in [-0.25, -0.2) is 4.79 Å². The van der Waals surface area contributed by atoms with Crippen molar-refractivity contribution in [1.29, 1.82) is 0 Å². The lowest BCUT2D eigenvalue weighted by molar-refractivity contribution is -0.151. The topological polar surface area (TPSA) is 44.8 Å². The zero-order valence-electron chi connectivity index (χ0n) is 13.8. The molecule has 126 valence electrons. The number of hydrogen-bond acceptors (Lipinski definition) is 4. The first-order chi connectivity index (χ1) is 11.8. The number of benzene rings is 2. The fourth-order valence-electron chi connectivity index (χ4n) is 2.81. The van der Waals surface area contributed by atoms with Gasteiger partial charge >= 0.3 is 5.97 Å². The Labute approximate surface area is 142 Å². The first kappa shape index (κ1) is 16.7. The van der Waals surface area contributed by atoms with Gasteiger partial charge in [0.05, 0.1) is 13.2 Å². The number of ether oxygens (including phenoxy) is 3. The van der Waals surface area contributed by atoms with Crippen molar-refractivity contribution in [3.63, 3.8) is 0 Å². The average molecular weight is 326 g/mol. The van der Waals surface area contributed by atoms with Gasteiger partial charge in [-0.05, 0) is 17.5 Å². The minimum Gasteiger partial charge on any atom is -0.457 e. The molecule has 1 aliphatic rings. The van der Waals surface area contributed by atoms with Gasteiger partial charge in [0.2, 0.25) is 0 Å². The van der Waals surface area contributed by atoms with Gasteiger partial charge in [0, 0.05) is 0 Å². The Balaban J connectivity index is 1.64. The van der Waals surface area contributed by atoms with Crippen LogP contribution in [0.4, 0.5) is 0 Å². The van der Waals surface area contributed by atoms with Gasteiger partial charge in [-0.1, -0.05) is 67.6 Å². The van der Waals surface area contributed by atoms with Crippen LogP contribution in [0, 0.1) is 0 Å². The maximum Gasteiger partial charge on any atom is 0.338 e. The van der Waals surface area contributed by atoms with Gasteiger partial charge in [-0.3, -0.25) is 0 Å². The monoisotopic (exact) mass is 326 g/mol. The van der Waals surface area contributed by atoms with E-state index in [1.165, 1.54) is 0 Å². The number of rotatable bonds is 7. The molecule has 0 aliphatic carbocycles. The van der Waals surface area contributed by atoms with E-state index in [-0.39, 0.29) is 18.2 Å². The molecule has 1 unspecified atom stereocenters. The molecule has 2 aromatic rings. The largest absolute Gasteiger partial charge is 0.457 e.